The van der Waals surface area contributed by atoms with Crippen LogP contribution in [-0.2, 0) is 4.74 Å². The van der Waals surface area contributed by atoms with E-state index in [0.29, 0.717) is 5.56 Å². The lowest BCUT2D eigenvalue weighted by molar-refractivity contribution is 0.0456. The number of aromatic hydroxyl groups is 2. The van der Waals surface area contributed by atoms with Gasteiger partial charge in [0, 0.05) is 5.56 Å². The normalized spacial score (nSPS) is 15.5. The maximum absolute atomic E-state index is 12.6. The first-order chi connectivity index (χ1) is 14.3. The fourth-order valence-corrected chi connectivity index (χ4v) is 4.12. The Morgan fingerprint density at radius 1 is 0.800 bits per heavy atom. The largest absolute Gasteiger partial charge is 0.508 e. The zero-order valence-corrected chi connectivity index (χ0v) is 17.6. The van der Waals surface area contributed by atoms with Crippen LogP contribution in [0, 0.1) is 0 Å². The number of fused-ring (bicyclic) bond motifs is 1. The van der Waals surface area contributed by atoms with Crippen LogP contribution >= 0.6 is 0 Å². The Morgan fingerprint density at radius 2 is 1.40 bits per heavy atom. The van der Waals surface area contributed by atoms with Crippen molar-refractivity contribution in [1.82, 2.24) is 0 Å². The van der Waals surface area contributed by atoms with Crippen molar-refractivity contribution < 1.29 is 19.7 Å². The number of carbonyl (C=O) groups is 1. The van der Waals surface area contributed by atoms with Gasteiger partial charge in [-0.3, -0.25) is 0 Å². The third-order valence-corrected chi connectivity index (χ3v) is 5.75. The Labute approximate surface area is 176 Å². The summed E-state index contributed by atoms with van der Waals surface area (Å²) in [7, 11) is 0. The molecule has 1 unspecified atom stereocenters. The summed E-state index contributed by atoms with van der Waals surface area (Å²) in [5, 5.41) is 20.4. The van der Waals surface area contributed by atoms with Gasteiger partial charge >= 0.3 is 5.97 Å². The van der Waals surface area contributed by atoms with Gasteiger partial charge in [0.05, 0.1) is 5.56 Å². The zero-order valence-electron chi connectivity index (χ0n) is 17.6. The third kappa shape index (κ3) is 3.32. The van der Waals surface area contributed by atoms with E-state index in [2.05, 4.69) is 0 Å². The highest BCUT2D eigenvalue weighted by atomic mass is 16.5. The first-order valence-electron chi connectivity index (χ1n) is 10.3. The third-order valence-electron chi connectivity index (χ3n) is 5.75. The van der Waals surface area contributed by atoms with Gasteiger partial charge in [0.25, 0.3) is 0 Å². The van der Waals surface area contributed by atoms with Crippen LogP contribution in [-0.4, -0.2) is 16.2 Å². The molecule has 1 heterocycles. The Hall–Kier alpha value is -3.27. The molecular weight excluding hydrogens is 376 g/mol. The van der Waals surface area contributed by atoms with Gasteiger partial charge in [-0.1, -0.05) is 52.0 Å². The molecule has 2 N–H and O–H groups in total. The average Bonchev–Trinajstić information content (AvgIpc) is 3.05. The molecule has 4 rings (SSSR count). The molecule has 0 fully saturated rings. The highest BCUT2D eigenvalue weighted by molar-refractivity contribution is 5.97. The summed E-state index contributed by atoms with van der Waals surface area (Å²) in [4.78, 5) is 12.6. The molecule has 1 aliphatic rings. The summed E-state index contributed by atoms with van der Waals surface area (Å²) in [6, 6.07) is 16.6. The van der Waals surface area contributed by atoms with Crippen molar-refractivity contribution >= 4 is 5.97 Å². The summed E-state index contributed by atoms with van der Waals surface area (Å²) >= 11 is 0. The number of ether oxygens (including phenoxy) is 1. The number of rotatable bonds is 4. The second-order valence-electron chi connectivity index (χ2n) is 8.45. The maximum atomic E-state index is 12.6. The zero-order chi connectivity index (χ0) is 21.6. The number of phenols is 2. The van der Waals surface area contributed by atoms with Crippen molar-refractivity contribution in [3.63, 3.8) is 0 Å². The minimum absolute atomic E-state index is 0.141. The summed E-state index contributed by atoms with van der Waals surface area (Å²) in [5.74, 6) is 0.472. The molecule has 0 bridgehead atoms. The lowest BCUT2D eigenvalue weighted by Crippen LogP contribution is -2.03. The second-order valence-corrected chi connectivity index (χ2v) is 8.45. The van der Waals surface area contributed by atoms with Crippen LogP contribution in [0.5, 0.6) is 11.5 Å². The molecule has 1 atom stereocenters. The van der Waals surface area contributed by atoms with Crippen LogP contribution in [0.15, 0.2) is 54.6 Å². The Bertz CT molecular complexity index is 1130. The summed E-state index contributed by atoms with van der Waals surface area (Å²) in [6.45, 7) is 8.10. The van der Waals surface area contributed by atoms with Crippen molar-refractivity contribution in [3.8, 4) is 22.6 Å². The molecule has 30 heavy (non-hydrogen) atoms. The predicted octanol–water partition coefficient (Wildman–Crippen LogP) is 6.27. The number of hydrogen-bond acceptors (Lipinski definition) is 4. The molecule has 3 aromatic carbocycles. The monoisotopic (exact) mass is 402 g/mol. The maximum Gasteiger partial charge on any atom is 0.339 e. The van der Waals surface area contributed by atoms with E-state index >= 15 is 0 Å². The van der Waals surface area contributed by atoms with Crippen molar-refractivity contribution in [1.29, 1.82) is 0 Å². The Balaban J connectivity index is 1.89. The number of phenolic OH excluding ortho intramolecular Hbond substituents is 2. The van der Waals surface area contributed by atoms with Gasteiger partial charge in [-0.25, -0.2) is 4.79 Å². The molecule has 0 radical (unpaired) electrons. The molecule has 0 saturated heterocycles. The molecule has 0 spiro atoms. The van der Waals surface area contributed by atoms with Crippen LogP contribution in [0.3, 0.4) is 0 Å². The first kappa shape index (κ1) is 20.0. The molecule has 0 saturated carbocycles. The molecule has 4 heteroatoms. The van der Waals surface area contributed by atoms with Crippen LogP contribution in [0.2, 0.25) is 0 Å². The number of cyclic esters (lactones) is 1. The molecule has 4 nitrogen and oxygen atoms in total. The SMILES string of the molecule is CC(C)c1cc(-c2cccc3c2C(c2ccc(O)c(C(C)C)c2)OC3=O)ccc1O. The van der Waals surface area contributed by atoms with Crippen LogP contribution < -0.4 is 0 Å². The standard InChI is InChI=1S/C26H26O4/c1-14(2)20-12-16(8-10-22(20)27)18-6-5-7-19-24(18)25(30-26(19)29)17-9-11-23(28)21(13-17)15(3)4/h5-15,25,27-28H,1-4H3. The smallest absolute Gasteiger partial charge is 0.339 e. The van der Waals surface area contributed by atoms with E-state index in [1.807, 2.05) is 58.0 Å². The molecule has 0 amide bonds. The molecule has 3 aromatic rings. The number of carbonyl (C=O) groups excluding carboxylic acids is 1. The number of hydrogen-bond donors (Lipinski definition) is 2. The van der Waals surface area contributed by atoms with E-state index in [0.717, 1.165) is 33.4 Å². The van der Waals surface area contributed by atoms with E-state index in [1.165, 1.54) is 0 Å². The van der Waals surface area contributed by atoms with Crippen molar-refractivity contribution in [3.05, 3.63) is 82.4 Å². The Kier molecular flexibility index (Phi) is 5.02. The summed E-state index contributed by atoms with van der Waals surface area (Å²) in [6.07, 6.45) is -0.543. The molecular formula is C26H26O4. The second kappa shape index (κ2) is 7.52. The fraction of sp³-hybridized carbons (Fsp3) is 0.269. The van der Waals surface area contributed by atoms with Crippen LogP contribution in [0.25, 0.3) is 11.1 Å². The van der Waals surface area contributed by atoms with Gasteiger partial charge in [0.2, 0.25) is 0 Å². The number of benzene rings is 3. The van der Waals surface area contributed by atoms with Gasteiger partial charge in [0.15, 0.2) is 6.10 Å². The molecule has 0 aliphatic carbocycles. The summed E-state index contributed by atoms with van der Waals surface area (Å²) < 4.78 is 5.79. The van der Waals surface area contributed by atoms with E-state index in [9.17, 15) is 15.0 Å². The topological polar surface area (TPSA) is 66.8 Å². The van der Waals surface area contributed by atoms with E-state index in [-0.39, 0.29) is 29.3 Å². The van der Waals surface area contributed by atoms with Gasteiger partial charge in [-0.15, -0.1) is 0 Å². The lowest BCUT2D eigenvalue weighted by atomic mass is 9.88. The quantitative estimate of drug-likeness (QED) is 0.505. The number of esters is 1. The molecule has 0 aromatic heterocycles. The highest BCUT2D eigenvalue weighted by Gasteiger charge is 2.35. The van der Waals surface area contributed by atoms with E-state index < -0.39 is 6.10 Å². The van der Waals surface area contributed by atoms with E-state index in [1.54, 1.807) is 24.3 Å². The fourth-order valence-electron chi connectivity index (χ4n) is 4.12. The van der Waals surface area contributed by atoms with Gasteiger partial charge in [0.1, 0.15) is 11.5 Å². The van der Waals surface area contributed by atoms with Gasteiger partial charge in [-0.2, -0.15) is 0 Å². The van der Waals surface area contributed by atoms with Crippen molar-refractivity contribution in [2.24, 2.45) is 0 Å². The lowest BCUT2D eigenvalue weighted by Gasteiger charge is -2.18. The van der Waals surface area contributed by atoms with E-state index in [4.69, 9.17) is 4.74 Å². The molecule has 154 valence electrons. The highest BCUT2D eigenvalue weighted by Crippen LogP contribution is 2.44. The predicted molar refractivity (Wildman–Crippen MR) is 117 cm³/mol. The first-order valence-corrected chi connectivity index (χ1v) is 10.3. The minimum Gasteiger partial charge on any atom is -0.508 e. The Morgan fingerprint density at radius 3 is 2.07 bits per heavy atom. The van der Waals surface area contributed by atoms with Gasteiger partial charge < -0.3 is 14.9 Å². The van der Waals surface area contributed by atoms with Crippen molar-refractivity contribution in [2.45, 2.75) is 45.6 Å². The van der Waals surface area contributed by atoms with Gasteiger partial charge in [-0.05, 0) is 70.0 Å². The minimum atomic E-state index is -0.543. The average molecular weight is 402 g/mol. The molecule has 1 aliphatic heterocycles. The summed E-state index contributed by atoms with van der Waals surface area (Å²) in [5.41, 5.74) is 5.72. The van der Waals surface area contributed by atoms with Crippen LogP contribution in [0.4, 0.5) is 0 Å². The van der Waals surface area contributed by atoms with Crippen LogP contribution in [0.1, 0.15) is 78.2 Å². The van der Waals surface area contributed by atoms with Crippen molar-refractivity contribution in [2.75, 3.05) is 0 Å².